The van der Waals surface area contributed by atoms with E-state index < -0.39 is 0 Å². The van der Waals surface area contributed by atoms with E-state index >= 15 is 0 Å². The number of carbonyl (C=O) groups is 1. The average molecular weight is 294 g/mol. The van der Waals surface area contributed by atoms with Gasteiger partial charge in [-0.05, 0) is 43.9 Å². The third-order valence-electron chi connectivity index (χ3n) is 5.78. The van der Waals surface area contributed by atoms with Gasteiger partial charge in [0.2, 0.25) is 0 Å². The minimum Gasteiger partial charge on any atom is -0.365 e. The molecule has 3 fully saturated rings. The molecule has 4 atom stereocenters. The number of likely N-dealkylation sites (tertiary alicyclic amines) is 1. The average Bonchev–Trinajstić information content (AvgIpc) is 3.08. The van der Waals surface area contributed by atoms with E-state index in [0.29, 0.717) is 24.0 Å². The number of ether oxygens (including phenoxy) is 1. The molecule has 3 aliphatic rings. The maximum atomic E-state index is 12.7. The Labute approximate surface area is 128 Å². The van der Waals surface area contributed by atoms with Crippen molar-refractivity contribution in [2.75, 3.05) is 13.1 Å². The molecule has 0 aromatic rings. The molecule has 0 bridgehead atoms. The molecule has 1 heterocycles. The maximum absolute atomic E-state index is 12.7. The van der Waals surface area contributed by atoms with Crippen molar-refractivity contribution >= 4 is 5.91 Å². The summed E-state index contributed by atoms with van der Waals surface area (Å²) in [5.74, 6) is 1.38. The Morgan fingerprint density at radius 3 is 2.62 bits per heavy atom. The van der Waals surface area contributed by atoms with Gasteiger partial charge in [0, 0.05) is 19.1 Å². The van der Waals surface area contributed by atoms with Crippen molar-refractivity contribution in [3.05, 3.63) is 0 Å². The molecule has 0 aromatic carbocycles. The highest BCUT2D eigenvalue weighted by atomic mass is 16.5. The number of fused-ring (bicyclic) bond motifs is 1. The number of nitrogens with zero attached hydrogens (tertiary/aromatic N) is 1. The normalized spacial score (nSPS) is 35.0. The van der Waals surface area contributed by atoms with Crippen LogP contribution in [0.4, 0.5) is 0 Å². The van der Waals surface area contributed by atoms with E-state index in [1.807, 2.05) is 4.90 Å². The van der Waals surface area contributed by atoms with E-state index in [-0.39, 0.29) is 12.0 Å². The Kier molecular flexibility index (Phi) is 4.85. The molecule has 2 aliphatic carbocycles. The van der Waals surface area contributed by atoms with Crippen LogP contribution < -0.4 is 5.73 Å². The number of hydrogen-bond acceptors (Lipinski definition) is 3. The van der Waals surface area contributed by atoms with Crippen molar-refractivity contribution in [1.82, 2.24) is 4.90 Å². The van der Waals surface area contributed by atoms with E-state index in [9.17, 15) is 4.79 Å². The van der Waals surface area contributed by atoms with Gasteiger partial charge in [-0.15, -0.1) is 0 Å². The van der Waals surface area contributed by atoms with Gasteiger partial charge in [-0.25, -0.2) is 0 Å². The Bertz CT molecular complexity index is 368. The van der Waals surface area contributed by atoms with Crippen LogP contribution in [0, 0.1) is 11.8 Å². The first kappa shape index (κ1) is 15.3. The second-order valence-corrected chi connectivity index (χ2v) is 7.20. The van der Waals surface area contributed by atoms with Gasteiger partial charge >= 0.3 is 0 Å². The molecule has 4 nitrogen and oxygen atoms in total. The summed E-state index contributed by atoms with van der Waals surface area (Å²) < 4.78 is 6.14. The van der Waals surface area contributed by atoms with E-state index in [0.717, 1.165) is 38.8 Å². The van der Waals surface area contributed by atoms with Crippen LogP contribution in [-0.2, 0) is 9.53 Å². The molecule has 3 rings (SSSR count). The Hall–Kier alpha value is -0.610. The number of nitrogens with two attached hydrogens (primary N) is 1. The largest absolute Gasteiger partial charge is 0.365 e. The summed E-state index contributed by atoms with van der Waals surface area (Å²) in [6, 6.07) is 0.298. The van der Waals surface area contributed by atoms with Crippen LogP contribution in [0.15, 0.2) is 0 Å². The van der Waals surface area contributed by atoms with E-state index in [1.54, 1.807) is 0 Å². The first-order valence-electron chi connectivity index (χ1n) is 8.89. The van der Waals surface area contributed by atoms with Crippen molar-refractivity contribution in [2.45, 2.75) is 76.5 Å². The van der Waals surface area contributed by atoms with Gasteiger partial charge in [-0.1, -0.05) is 26.2 Å². The number of carbonyl (C=O) groups excluding carboxylic acids is 1. The standard InChI is InChI=1S/C17H30N2O2/c1-2-16(21-13-6-4-3-5-7-13)17(20)19-10-12-8-9-15(18)14(12)11-19/h12-16H,2-11,18H2,1H3. The van der Waals surface area contributed by atoms with Crippen LogP contribution in [0.5, 0.6) is 0 Å². The minimum absolute atomic E-state index is 0.213. The summed E-state index contributed by atoms with van der Waals surface area (Å²) >= 11 is 0. The lowest BCUT2D eigenvalue weighted by Crippen LogP contribution is -2.42. The van der Waals surface area contributed by atoms with Crippen LogP contribution >= 0.6 is 0 Å². The number of amides is 1. The molecule has 1 aliphatic heterocycles. The molecule has 1 amide bonds. The fourth-order valence-corrected chi connectivity index (χ4v) is 4.45. The van der Waals surface area contributed by atoms with Gasteiger partial charge in [0.25, 0.3) is 5.91 Å². The van der Waals surface area contributed by atoms with Gasteiger partial charge < -0.3 is 15.4 Å². The van der Waals surface area contributed by atoms with Crippen molar-refractivity contribution in [3.8, 4) is 0 Å². The highest BCUT2D eigenvalue weighted by Crippen LogP contribution is 2.37. The monoisotopic (exact) mass is 294 g/mol. The van der Waals surface area contributed by atoms with Crippen LogP contribution in [0.1, 0.15) is 58.3 Å². The Balaban J connectivity index is 1.55. The van der Waals surface area contributed by atoms with Crippen molar-refractivity contribution in [2.24, 2.45) is 17.6 Å². The smallest absolute Gasteiger partial charge is 0.251 e. The third-order valence-corrected chi connectivity index (χ3v) is 5.78. The van der Waals surface area contributed by atoms with Crippen molar-refractivity contribution in [1.29, 1.82) is 0 Å². The topological polar surface area (TPSA) is 55.6 Å². The fourth-order valence-electron chi connectivity index (χ4n) is 4.45. The second kappa shape index (κ2) is 6.66. The predicted molar refractivity (Wildman–Crippen MR) is 82.8 cm³/mol. The molecule has 2 N–H and O–H groups in total. The van der Waals surface area contributed by atoms with Gasteiger partial charge in [0.1, 0.15) is 6.10 Å². The van der Waals surface area contributed by atoms with Gasteiger partial charge in [0.15, 0.2) is 0 Å². The SMILES string of the molecule is CCC(OC1CCCCC1)C(=O)N1CC2CCC(N)C2C1. The number of rotatable bonds is 4. The molecular formula is C17H30N2O2. The zero-order valence-electron chi connectivity index (χ0n) is 13.3. The lowest BCUT2D eigenvalue weighted by molar-refractivity contribution is -0.148. The van der Waals surface area contributed by atoms with Crippen LogP contribution in [0.2, 0.25) is 0 Å². The zero-order valence-corrected chi connectivity index (χ0v) is 13.3. The first-order valence-corrected chi connectivity index (χ1v) is 8.89. The summed E-state index contributed by atoms with van der Waals surface area (Å²) in [5, 5.41) is 0. The van der Waals surface area contributed by atoms with Gasteiger partial charge in [-0.2, -0.15) is 0 Å². The van der Waals surface area contributed by atoms with Crippen LogP contribution in [0.3, 0.4) is 0 Å². The summed E-state index contributed by atoms with van der Waals surface area (Å²) in [6.07, 6.45) is 9.24. The van der Waals surface area contributed by atoms with Crippen LogP contribution in [-0.4, -0.2) is 42.1 Å². The van der Waals surface area contributed by atoms with Crippen molar-refractivity contribution in [3.63, 3.8) is 0 Å². The first-order chi connectivity index (χ1) is 10.2. The molecule has 0 spiro atoms. The zero-order chi connectivity index (χ0) is 14.8. The van der Waals surface area contributed by atoms with E-state index in [4.69, 9.17) is 10.5 Å². The fraction of sp³-hybridized carbons (Fsp3) is 0.941. The third kappa shape index (κ3) is 3.26. The van der Waals surface area contributed by atoms with E-state index in [1.165, 1.54) is 25.7 Å². The van der Waals surface area contributed by atoms with Crippen LogP contribution in [0.25, 0.3) is 0 Å². The quantitative estimate of drug-likeness (QED) is 0.865. The van der Waals surface area contributed by atoms with E-state index in [2.05, 4.69) is 6.92 Å². The summed E-state index contributed by atoms with van der Waals surface area (Å²) in [5.41, 5.74) is 6.17. The molecule has 120 valence electrons. The molecule has 1 saturated heterocycles. The molecule has 21 heavy (non-hydrogen) atoms. The Morgan fingerprint density at radius 2 is 1.95 bits per heavy atom. The summed E-state index contributed by atoms with van der Waals surface area (Å²) in [7, 11) is 0. The number of hydrogen-bond donors (Lipinski definition) is 1. The summed E-state index contributed by atoms with van der Waals surface area (Å²) in [6.45, 7) is 3.82. The Morgan fingerprint density at radius 1 is 1.19 bits per heavy atom. The highest BCUT2D eigenvalue weighted by molar-refractivity contribution is 5.81. The second-order valence-electron chi connectivity index (χ2n) is 7.20. The highest BCUT2D eigenvalue weighted by Gasteiger charge is 2.43. The lowest BCUT2D eigenvalue weighted by atomic mass is 9.97. The van der Waals surface area contributed by atoms with Gasteiger partial charge in [-0.3, -0.25) is 4.79 Å². The molecule has 4 heteroatoms. The molecule has 2 saturated carbocycles. The molecule has 0 radical (unpaired) electrons. The summed E-state index contributed by atoms with van der Waals surface area (Å²) in [4.78, 5) is 14.8. The molecule has 4 unspecified atom stereocenters. The van der Waals surface area contributed by atoms with Gasteiger partial charge in [0.05, 0.1) is 6.10 Å². The minimum atomic E-state index is -0.233. The molecule has 0 aromatic heterocycles. The predicted octanol–water partition coefficient (Wildman–Crippen LogP) is 2.31. The molecular weight excluding hydrogens is 264 g/mol. The van der Waals surface area contributed by atoms with Crippen molar-refractivity contribution < 1.29 is 9.53 Å². The lowest BCUT2D eigenvalue weighted by Gasteiger charge is -2.29. The maximum Gasteiger partial charge on any atom is 0.251 e.